The van der Waals surface area contributed by atoms with E-state index in [1.54, 1.807) is 37.3 Å². The summed E-state index contributed by atoms with van der Waals surface area (Å²) in [4.78, 5) is 50.9. The molecule has 2 N–H and O–H groups in total. The molecule has 0 saturated carbocycles. The fourth-order valence-corrected chi connectivity index (χ4v) is 3.48. The molecule has 4 rings (SSSR count). The van der Waals surface area contributed by atoms with E-state index in [1.807, 2.05) is 6.07 Å². The van der Waals surface area contributed by atoms with Gasteiger partial charge >= 0.3 is 11.7 Å². The number of nitrogen functional groups attached to an aromatic ring is 1. The van der Waals surface area contributed by atoms with Crippen LogP contribution in [0.25, 0.3) is 0 Å². The minimum atomic E-state index is -0.826. The summed E-state index contributed by atoms with van der Waals surface area (Å²) in [6, 6.07) is 13.5. The summed E-state index contributed by atoms with van der Waals surface area (Å²) in [6.45, 7) is 1.06. The van der Waals surface area contributed by atoms with Crippen molar-refractivity contribution in [2.24, 2.45) is 0 Å². The zero-order valence-electron chi connectivity index (χ0n) is 17.8. The van der Waals surface area contributed by atoms with Crippen molar-refractivity contribution in [3.63, 3.8) is 0 Å². The van der Waals surface area contributed by atoms with Crippen LogP contribution in [0.2, 0.25) is 0 Å². The molecule has 0 unspecified atom stereocenters. The van der Waals surface area contributed by atoms with Gasteiger partial charge in [0.05, 0.1) is 12.1 Å². The summed E-state index contributed by atoms with van der Waals surface area (Å²) in [7, 11) is 0. The third kappa shape index (κ3) is 4.22. The summed E-state index contributed by atoms with van der Waals surface area (Å²) in [5.74, 6) is -0.984. The van der Waals surface area contributed by atoms with Crippen molar-refractivity contribution in [2.75, 3.05) is 19.1 Å². The molecule has 170 valence electrons. The Hall–Kier alpha value is -4.34. The lowest BCUT2D eigenvalue weighted by Gasteiger charge is -2.16. The molecule has 1 aliphatic heterocycles. The SMILES string of the molecule is CCn1c(=O)c(C(=O)COC(=O)c2ccc3c(c2)OCO3)c(N)n(Cc2ccccc2)c1=O. The van der Waals surface area contributed by atoms with Crippen LogP contribution in [0, 0.1) is 0 Å². The maximum Gasteiger partial charge on any atom is 0.338 e. The van der Waals surface area contributed by atoms with Crippen molar-refractivity contribution in [1.29, 1.82) is 0 Å². The zero-order valence-corrected chi connectivity index (χ0v) is 17.8. The van der Waals surface area contributed by atoms with E-state index in [0.29, 0.717) is 11.5 Å². The second kappa shape index (κ2) is 9.03. The summed E-state index contributed by atoms with van der Waals surface area (Å²) >= 11 is 0. The number of aromatic nitrogens is 2. The van der Waals surface area contributed by atoms with Crippen LogP contribution in [0.15, 0.2) is 58.1 Å². The van der Waals surface area contributed by atoms with Gasteiger partial charge in [0, 0.05) is 6.54 Å². The quantitative estimate of drug-likeness (QED) is 0.422. The van der Waals surface area contributed by atoms with Crippen LogP contribution in [0.1, 0.15) is 33.2 Å². The van der Waals surface area contributed by atoms with Gasteiger partial charge in [-0.2, -0.15) is 0 Å². The predicted molar refractivity (Wildman–Crippen MR) is 118 cm³/mol. The van der Waals surface area contributed by atoms with Crippen LogP contribution >= 0.6 is 0 Å². The van der Waals surface area contributed by atoms with E-state index in [1.165, 1.54) is 12.1 Å². The number of fused-ring (bicyclic) bond motifs is 1. The third-order valence-corrected chi connectivity index (χ3v) is 5.19. The summed E-state index contributed by atoms with van der Waals surface area (Å²) in [5, 5.41) is 0. The Morgan fingerprint density at radius 1 is 1.03 bits per heavy atom. The molecular formula is C23H21N3O7. The van der Waals surface area contributed by atoms with Crippen molar-refractivity contribution < 1.29 is 23.8 Å². The maximum atomic E-state index is 12.9. The summed E-state index contributed by atoms with van der Waals surface area (Å²) in [6.07, 6.45) is 0. The number of Topliss-reactive ketones (excluding diaryl/α,β-unsaturated/α-hetero) is 1. The molecule has 0 fully saturated rings. The molecule has 2 heterocycles. The van der Waals surface area contributed by atoms with Gasteiger partial charge < -0.3 is 19.9 Å². The number of nitrogens with zero attached hydrogens (tertiary/aromatic N) is 2. The molecule has 0 bridgehead atoms. The number of anilines is 1. The van der Waals surface area contributed by atoms with Gasteiger partial charge in [0.1, 0.15) is 11.4 Å². The number of ketones is 1. The van der Waals surface area contributed by atoms with Gasteiger partial charge in [-0.15, -0.1) is 0 Å². The highest BCUT2D eigenvalue weighted by Crippen LogP contribution is 2.32. The van der Waals surface area contributed by atoms with Crippen molar-refractivity contribution in [3.8, 4) is 11.5 Å². The first-order valence-corrected chi connectivity index (χ1v) is 10.2. The van der Waals surface area contributed by atoms with Gasteiger partial charge in [0.25, 0.3) is 5.56 Å². The Kier molecular flexibility index (Phi) is 5.99. The van der Waals surface area contributed by atoms with Gasteiger partial charge in [-0.1, -0.05) is 30.3 Å². The number of hydrogen-bond donors (Lipinski definition) is 1. The molecule has 3 aromatic rings. The Morgan fingerprint density at radius 3 is 2.48 bits per heavy atom. The second-order valence-corrected chi connectivity index (χ2v) is 7.23. The molecular weight excluding hydrogens is 430 g/mol. The number of ether oxygens (including phenoxy) is 3. The largest absolute Gasteiger partial charge is 0.454 e. The second-order valence-electron chi connectivity index (χ2n) is 7.23. The third-order valence-electron chi connectivity index (χ3n) is 5.19. The molecule has 33 heavy (non-hydrogen) atoms. The number of esters is 1. The molecule has 0 spiro atoms. The van der Waals surface area contributed by atoms with Crippen LogP contribution < -0.4 is 26.5 Å². The van der Waals surface area contributed by atoms with Crippen LogP contribution in [0.4, 0.5) is 5.82 Å². The smallest absolute Gasteiger partial charge is 0.338 e. The molecule has 10 nitrogen and oxygen atoms in total. The van der Waals surface area contributed by atoms with Gasteiger partial charge in [0.2, 0.25) is 12.6 Å². The van der Waals surface area contributed by atoms with Crippen LogP contribution in [0.3, 0.4) is 0 Å². The van der Waals surface area contributed by atoms with Crippen LogP contribution in [-0.4, -0.2) is 34.3 Å². The number of hydrogen-bond acceptors (Lipinski definition) is 8. The molecule has 0 aliphatic carbocycles. The lowest BCUT2D eigenvalue weighted by Crippen LogP contribution is -2.44. The summed E-state index contributed by atoms with van der Waals surface area (Å²) in [5.41, 5.74) is 5.16. The average molecular weight is 451 g/mol. The molecule has 10 heteroatoms. The zero-order chi connectivity index (χ0) is 23.5. The molecule has 0 atom stereocenters. The highest BCUT2D eigenvalue weighted by atomic mass is 16.7. The van der Waals surface area contributed by atoms with E-state index in [-0.39, 0.29) is 31.3 Å². The minimum absolute atomic E-state index is 0.0456. The first kappa shape index (κ1) is 21.9. The molecule has 0 radical (unpaired) electrons. The average Bonchev–Trinajstić information content (AvgIpc) is 3.29. The van der Waals surface area contributed by atoms with Gasteiger partial charge in [-0.25, -0.2) is 9.59 Å². The summed E-state index contributed by atoms with van der Waals surface area (Å²) < 4.78 is 17.6. The number of rotatable bonds is 7. The van der Waals surface area contributed by atoms with Crippen LogP contribution in [0.5, 0.6) is 11.5 Å². The van der Waals surface area contributed by atoms with Crippen molar-refractivity contribution >= 4 is 17.6 Å². The van der Waals surface area contributed by atoms with Gasteiger partial charge in [-0.3, -0.25) is 18.7 Å². The first-order valence-electron chi connectivity index (χ1n) is 10.2. The standard InChI is InChI=1S/C23H21N3O7/c1-2-25-21(28)19(20(24)26(23(25)30)11-14-6-4-3-5-7-14)16(27)12-31-22(29)15-8-9-17-18(10-15)33-13-32-17/h3-10H,2,11-13,24H2,1H3. The van der Waals surface area contributed by atoms with Crippen molar-refractivity contribution in [3.05, 3.63) is 86.1 Å². The highest BCUT2D eigenvalue weighted by molar-refractivity contribution is 6.02. The van der Waals surface area contributed by atoms with Crippen LogP contribution in [-0.2, 0) is 17.8 Å². The number of nitrogens with two attached hydrogens (primary N) is 1. The lowest BCUT2D eigenvalue weighted by atomic mass is 10.1. The fraction of sp³-hybridized carbons (Fsp3) is 0.217. The van der Waals surface area contributed by atoms with E-state index >= 15 is 0 Å². The van der Waals surface area contributed by atoms with E-state index in [0.717, 1.165) is 14.7 Å². The predicted octanol–water partition coefficient (Wildman–Crippen LogP) is 1.43. The Balaban J connectivity index is 1.60. The Morgan fingerprint density at radius 2 is 1.76 bits per heavy atom. The Labute approximate surface area is 187 Å². The lowest BCUT2D eigenvalue weighted by molar-refractivity contribution is 0.0474. The van der Waals surface area contributed by atoms with E-state index < -0.39 is 35.2 Å². The van der Waals surface area contributed by atoms with E-state index in [2.05, 4.69) is 0 Å². The van der Waals surface area contributed by atoms with Crippen molar-refractivity contribution in [1.82, 2.24) is 9.13 Å². The fourth-order valence-electron chi connectivity index (χ4n) is 3.48. The normalized spacial score (nSPS) is 11.9. The molecule has 1 aliphatic rings. The van der Waals surface area contributed by atoms with Gasteiger partial charge in [-0.05, 0) is 30.7 Å². The Bertz CT molecular complexity index is 1340. The monoisotopic (exact) mass is 451 g/mol. The highest BCUT2D eigenvalue weighted by Gasteiger charge is 2.24. The molecule has 0 saturated heterocycles. The first-order chi connectivity index (χ1) is 15.9. The maximum absolute atomic E-state index is 12.9. The minimum Gasteiger partial charge on any atom is -0.454 e. The van der Waals surface area contributed by atoms with Crippen molar-refractivity contribution in [2.45, 2.75) is 20.0 Å². The topological polar surface area (TPSA) is 132 Å². The number of carbonyl (C=O) groups is 2. The number of benzene rings is 2. The van der Waals surface area contributed by atoms with E-state index in [4.69, 9.17) is 19.9 Å². The van der Waals surface area contributed by atoms with E-state index in [9.17, 15) is 19.2 Å². The molecule has 1 aromatic heterocycles. The van der Waals surface area contributed by atoms with Gasteiger partial charge in [0.15, 0.2) is 18.1 Å². The number of carbonyl (C=O) groups excluding carboxylic acids is 2. The molecule has 0 amide bonds. The molecule has 2 aromatic carbocycles.